The maximum Gasteiger partial charge on any atom is 0.268 e. The molecule has 2 aliphatic rings. The van der Waals surface area contributed by atoms with Crippen molar-refractivity contribution in [3.8, 4) is 5.75 Å². The van der Waals surface area contributed by atoms with Gasteiger partial charge in [0.1, 0.15) is 12.3 Å². The van der Waals surface area contributed by atoms with Crippen LogP contribution in [0.5, 0.6) is 5.75 Å². The Morgan fingerprint density at radius 2 is 2.09 bits per heavy atom. The number of nitrogens with zero attached hydrogens (tertiary/aromatic N) is 2. The van der Waals surface area contributed by atoms with Gasteiger partial charge in [-0.25, -0.2) is 0 Å². The van der Waals surface area contributed by atoms with Gasteiger partial charge in [0, 0.05) is 13.1 Å². The molecule has 3 rings (SSSR count). The van der Waals surface area contributed by atoms with E-state index in [2.05, 4.69) is 6.92 Å². The van der Waals surface area contributed by atoms with E-state index in [4.69, 9.17) is 4.74 Å². The molecule has 0 bridgehead atoms. The van der Waals surface area contributed by atoms with Gasteiger partial charge >= 0.3 is 0 Å². The van der Waals surface area contributed by atoms with Crippen molar-refractivity contribution in [2.45, 2.75) is 32.8 Å². The van der Waals surface area contributed by atoms with Gasteiger partial charge in [0.2, 0.25) is 5.91 Å². The van der Waals surface area contributed by atoms with Crippen LogP contribution in [0.25, 0.3) is 0 Å². The van der Waals surface area contributed by atoms with Crippen LogP contribution in [0.1, 0.15) is 26.7 Å². The van der Waals surface area contributed by atoms with Crippen molar-refractivity contribution in [2.75, 3.05) is 24.5 Å². The van der Waals surface area contributed by atoms with Crippen LogP contribution in [0.2, 0.25) is 0 Å². The largest absolute Gasteiger partial charge is 0.479 e. The molecule has 0 spiro atoms. The molecular formula is C17H22N2O3. The minimum Gasteiger partial charge on any atom is -0.479 e. The fourth-order valence-electron chi connectivity index (χ4n) is 3.17. The van der Waals surface area contributed by atoms with E-state index in [9.17, 15) is 9.59 Å². The summed E-state index contributed by atoms with van der Waals surface area (Å²) in [5, 5.41) is 0. The minimum atomic E-state index is -0.553. The maximum atomic E-state index is 12.6. The summed E-state index contributed by atoms with van der Waals surface area (Å²) in [5.41, 5.74) is 0.684. The van der Waals surface area contributed by atoms with E-state index in [0.717, 1.165) is 19.5 Å². The Kier molecular flexibility index (Phi) is 4.05. The van der Waals surface area contributed by atoms with Gasteiger partial charge in [0.15, 0.2) is 6.10 Å². The zero-order valence-corrected chi connectivity index (χ0v) is 13.1. The SMILES string of the molecule is C[C@@H]1CCCN(C(=O)CN2C(=O)[C@@H](C)Oc3ccccc32)C1. The third kappa shape index (κ3) is 2.80. The van der Waals surface area contributed by atoms with Crippen LogP contribution in [-0.2, 0) is 9.59 Å². The quantitative estimate of drug-likeness (QED) is 0.840. The lowest BCUT2D eigenvalue weighted by Crippen LogP contribution is -2.51. The first kappa shape index (κ1) is 14.9. The standard InChI is InChI=1S/C17H22N2O3/c1-12-6-5-9-18(10-12)16(20)11-19-14-7-3-4-8-15(14)22-13(2)17(19)21/h3-4,7-8,12-13H,5-6,9-11H2,1-2H3/t12-,13-/m1/s1. The number of likely N-dealkylation sites (tertiary alicyclic amines) is 1. The van der Waals surface area contributed by atoms with Crippen LogP contribution >= 0.6 is 0 Å². The van der Waals surface area contributed by atoms with Gasteiger partial charge in [-0.3, -0.25) is 14.5 Å². The Hall–Kier alpha value is -2.04. The molecule has 1 aromatic carbocycles. The number of anilines is 1. The van der Waals surface area contributed by atoms with Crippen molar-refractivity contribution >= 4 is 17.5 Å². The molecule has 0 aliphatic carbocycles. The van der Waals surface area contributed by atoms with Gasteiger partial charge in [-0.1, -0.05) is 19.1 Å². The average molecular weight is 302 g/mol. The predicted molar refractivity (Wildman–Crippen MR) is 83.9 cm³/mol. The molecule has 0 N–H and O–H groups in total. The summed E-state index contributed by atoms with van der Waals surface area (Å²) >= 11 is 0. The highest BCUT2D eigenvalue weighted by molar-refractivity contribution is 6.03. The molecule has 0 unspecified atom stereocenters. The van der Waals surface area contributed by atoms with Crippen LogP contribution in [0, 0.1) is 5.92 Å². The van der Waals surface area contributed by atoms with Crippen LogP contribution in [0.4, 0.5) is 5.69 Å². The Morgan fingerprint density at radius 3 is 2.86 bits per heavy atom. The van der Waals surface area contributed by atoms with Gasteiger partial charge in [0.25, 0.3) is 5.91 Å². The van der Waals surface area contributed by atoms with E-state index in [1.807, 2.05) is 29.2 Å². The molecular weight excluding hydrogens is 280 g/mol. The second kappa shape index (κ2) is 5.99. The van der Waals surface area contributed by atoms with Crippen molar-refractivity contribution in [3.63, 3.8) is 0 Å². The first-order valence-corrected chi connectivity index (χ1v) is 7.91. The molecule has 0 aromatic heterocycles. The van der Waals surface area contributed by atoms with Crippen molar-refractivity contribution in [3.05, 3.63) is 24.3 Å². The number of carbonyl (C=O) groups is 2. The first-order chi connectivity index (χ1) is 10.6. The second-order valence-corrected chi connectivity index (χ2v) is 6.24. The molecule has 118 valence electrons. The number of benzene rings is 1. The summed E-state index contributed by atoms with van der Waals surface area (Å²) < 4.78 is 5.60. The highest BCUT2D eigenvalue weighted by Crippen LogP contribution is 2.33. The van der Waals surface area contributed by atoms with Gasteiger partial charge in [-0.15, -0.1) is 0 Å². The average Bonchev–Trinajstić information content (AvgIpc) is 2.51. The van der Waals surface area contributed by atoms with E-state index >= 15 is 0 Å². The highest BCUT2D eigenvalue weighted by Gasteiger charge is 2.33. The molecule has 0 radical (unpaired) electrons. The van der Waals surface area contributed by atoms with Crippen molar-refractivity contribution in [2.24, 2.45) is 5.92 Å². The molecule has 22 heavy (non-hydrogen) atoms. The van der Waals surface area contributed by atoms with Gasteiger partial charge in [-0.2, -0.15) is 0 Å². The predicted octanol–water partition coefficient (Wildman–Crippen LogP) is 2.06. The van der Waals surface area contributed by atoms with E-state index in [1.165, 1.54) is 6.42 Å². The highest BCUT2D eigenvalue weighted by atomic mass is 16.5. The van der Waals surface area contributed by atoms with Crippen molar-refractivity contribution in [1.29, 1.82) is 0 Å². The van der Waals surface area contributed by atoms with Gasteiger partial charge in [0.05, 0.1) is 5.69 Å². The fourth-order valence-corrected chi connectivity index (χ4v) is 3.17. The lowest BCUT2D eigenvalue weighted by Gasteiger charge is -2.36. The topological polar surface area (TPSA) is 49.9 Å². The van der Waals surface area contributed by atoms with Crippen LogP contribution in [-0.4, -0.2) is 42.5 Å². The van der Waals surface area contributed by atoms with Crippen LogP contribution in [0.3, 0.4) is 0 Å². The van der Waals surface area contributed by atoms with Crippen molar-refractivity contribution in [1.82, 2.24) is 4.90 Å². The van der Waals surface area contributed by atoms with Crippen molar-refractivity contribution < 1.29 is 14.3 Å². The number of piperidine rings is 1. The lowest BCUT2D eigenvalue weighted by molar-refractivity contribution is -0.134. The molecule has 5 nitrogen and oxygen atoms in total. The first-order valence-electron chi connectivity index (χ1n) is 7.91. The molecule has 0 saturated carbocycles. The summed E-state index contributed by atoms with van der Waals surface area (Å²) in [4.78, 5) is 28.4. The Labute approximate surface area is 130 Å². The lowest BCUT2D eigenvalue weighted by atomic mass is 10.0. The summed E-state index contributed by atoms with van der Waals surface area (Å²) in [6, 6.07) is 7.38. The number of carbonyl (C=O) groups excluding carboxylic acids is 2. The minimum absolute atomic E-state index is 0.0174. The van der Waals surface area contributed by atoms with Crippen LogP contribution in [0.15, 0.2) is 24.3 Å². The number of hydrogen-bond donors (Lipinski definition) is 0. The Bertz CT molecular complexity index is 587. The molecule has 2 amide bonds. The second-order valence-electron chi connectivity index (χ2n) is 6.24. The molecule has 1 fully saturated rings. The van der Waals surface area contributed by atoms with E-state index in [-0.39, 0.29) is 18.4 Å². The normalized spacial score (nSPS) is 24.7. The van der Waals surface area contributed by atoms with E-state index < -0.39 is 6.10 Å². The molecule has 2 heterocycles. The molecule has 1 saturated heterocycles. The summed E-state index contributed by atoms with van der Waals surface area (Å²) in [6.07, 6.45) is 1.65. The van der Waals surface area contributed by atoms with Gasteiger partial charge < -0.3 is 9.64 Å². The number of rotatable bonds is 2. The van der Waals surface area contributed by atoms with E-state index in [0.29, 0.717) is 17.4 Å². The molecule has 5 heteroatoms. The molecule has 1 aromatic rings. The number of amides is 2. The van der Waals surface area contributed by atoms with Crippen LogP contribution < -0.4 is 9.64 Å². The van der Waals surface area contributed by atoms with Gasteiger partial charge in [-0.05, 0) is 37.8 Å². The Morgan fingerprint density at radius 1 is 1.32 bits per heavy atom. The third-order valence-corrected chi connectivity index (χ3v) is 4.38. The maximum absolute atomic E-state index is 12.6. The monoisotopic (exact) mass is 302 g/mol. The number of para-hydroxylation sites is 2. The van der Waals surface area contributed by atoms with E-state index in [1.54, 1.807) is 11.8 Å². The third-order valence-electron chi connectivity index (χ3n) is 4.38. The zero-order chi connectivity index (χ0) is 15.7. The number of hydrogen-bond acceptors (Lipinski definition) is 3. The number of ether oxygens (including phenoxy) is 1. The zero-order valence-electron chi connectivity index (χ0n) is 13.1. The number of fused-ring (bicyclic) bond motifs is 1. The molecule has 2 aliphatic heterocycles. The summed E-state index contributed by atoms with van der Waals surface area (Å²) in [6.45, 7) is 5.55. The Balaban J connectivity index is 1.78. The fraction of sp³-hybridized carbons (Fsp3) is 0.529. The summed E-state index contributed by atoms with van der Waals surface area (Å²) in [5.74, 6) is 1.06. The summed E-state index contributed by atoms with van der Waals surface area (Å²) in [7, 11) is 0. The molecule has 2 atom stereocenters. The smallest absolute Gasteiger partial charge is 0.268 e.